The highest BCUT2D eigenvalue weighted by atomic mass is 16.2. The minimum atomic E-state index is -0.300. The number of amides is 1. The molecule has 1 atom stereocenters. The fraction of sp³-hybridized carbons (Fsp3) is 0.250. The molecule has 3 aromatic rings. The van der Waals surface area contributed by atoms with Crippen LogP contribution in [0.1, 0.15) is 32.9 Å². The summed E-state index contributed by atoms with van der Waals surface area (Å²) < 4.78 is 0. The van der Waals surface area contributed by atoms with Crippen LogP contribution in [0, 0.1) is 0 Å². The first-order valence-corrected chi connectivity index (χ1v) is 9.98. The van der Waals surface area contributed by atoms with Gasteiger partial charge in [-0.2, -0.15) is 5.10 Å². The number of aromatic nitrogens is 2. The van der Waals surface area contributed by atoms with Crippen molar-refractivity contribution in [2.75, 3.05) is 32.1 Å². The van der Waals surface area contributed by atoms with Crippen LogP contribution < -0.4 is 4.90 Å². The maximum atomic E-state index is 12.5. The quantitative estimate of drug-likeness (QED) is 0.701. The summed E-state index contributed by atoms with van der Waals surface area (Å²) in [6, 6.07) is 19.3. The SMILES string of the molecule is CN(C)c1ccc(C2(c3ccccc3)C=Cc3c(C(=O)N4CC4)n[nH]c3C2)cc1. The first-order valence-electron chi connectivity index (χ1n) is 9.98. The van der Waals surface area contributed by atoms with E-state index in [1.54, 1.807) is 0 Å². The van der Waals surface area contributed by atoms with Gasteiger partial charge in [0.1, 0.15) is 0 Å². The number of anilines is 1. The Balaban J connectivity index is 1.60. The molecule has 1 N–H and O–H groups in total. The molecule has 0 bridgehead atoms. The van der Waals surface area contributed by atoms with Crippen molar-refractivity contribution in [3.63, 3.8) is 0 Å². The first kappa shape index (κ1) is 17.7. The molecule has 5 nitrogen and oxygen atoms in total. The Bertz CT molecular complexity index is 1080. The number of H-pyrrole nitrogens is 1. The van der Waals surface area contributed by atoms with E-state index in [-0.39, 0.29) is 11.3 Å². The normalized spacial score (nSPS) is 19.7. The number of nitrogens with zero attached hydrogens (tertiary/aromatic N) is 3. The van der Waals surface area contributed by atoms with Crippen LogP contribution in [0.4, 0.5) is 5.69 Å². The van der Waals surface area contributed by atoms with Gasteiger partial charge in [-0.05, 0) is 23.3 Å². The van der Waals surface area contributed by atoms with E-state index >= 15 is 0 Å². The third kappa shape index (κ3) is 2.94. The lowest BCUT2D eigenvalue weighted by Gasteiger charge is -2.34. The van der Waals surface area contributed by atoms with Gasteiger partial charge in [-0.3, -0.25) is 9.89 Å². The molecule has 0 spiro atoms. The van der Waals surface area contributed by atoms with Crippen LogP contribution in [-0.4, -0.2) is 48.2 Å². The monoisotopic (exact) mass is 384 g/mol. The summed E-state index contributed by atoms with van der Waals surface area (Å²) in [5.74, 6) is 0.0229. The van der Waals surface area contributed by atoms with E-state index in [9.17, 15) is 4.79 Å². The second kappa shape index (κ2) is 6.62. The number of carbonyl (C=O) groups is 1. The summed E-state index contributed by atoms with van der Waals surface area (Å²) in [5.41, 5.74) is 5.81. The van der Waals surface area contributed by atoms with Crippen LogP contribution in [0.5, 0.6) is 0 Å². The lowest BCUT2D eigenvalue weighted by molar-refractivity contribution is 0.0880. The van der Waals surface area contributed by atoms with Gasteiger partial charge in [0.2, 0.25) is 0 Å². The molecule has 1 fully saturated rings. The van der Waals surface area contributed by atoms with Crippen LogP contribution in [0.15, 0.2) is 60.7 Å². The van der Waals surface area contributed by atoms with Crippen molar-refractivity contribution in [3.8, 4) is 0 Å². The number of benzene rings is 2. The number of hydrogen-bond acceptors (Lipinski definition) is 3. The second-order valence-electron chi connectivity index (χ2n) is 8.05. The molecule has 1 amide bonds. The number of hydrogen-bond donors (Lipinski definition) is 1. The van der Waals surface area contributed by atoms with Crippen LogP contribution in [-0.2, 0) is 11.8 Å². The third-order valence-electron chi connectivity index (χ3n) is 6.00. The lowest BCUT2D eigenvalue weighted by Crippen LogP contribution is -2.30. The Kier molecular flexibility index (Phi) is 4.05. The molecule has 0 saturated carbocycles. The zero-order valence-corrected chi connectivity index (χ0v) is 16.7. The Morgan fingerprint density at radius 2 is 1.72 bits per heavy atom. The standard InChI is InChI=1S/C24H24N4O/c1-27(2)19-10-8-18(9-11-19)24(17-6-4-3-5-7-17)13-12-20-21(16-24)25-26-22(20)23(29)28-14-15-28/h3-13H,14-16H2,1-2H3,(H,25,26). The third-order valence-corrected chi connectivity index (χ3v) is 6.00. The van der Waals surface area contributed by atoms with Crippen molar-refractivity contribution in [3.05, 3.63) is 88.8 Å². The maximum Gasteiger partial charge on any atom is 0.275 e. The molecule has 29 heavy (non-hydrogen) atoms. The Labute approximate surface area is 170 Å². The van der Waals surface area contributed by atoms with Crippen molar-refractivity contribution < 1.29 is 4.79 Å². The van der Waals surface area contributed by atoms with Gasteiger partial charge >= 0.3 is 0 Å². The maximum absolute atomic E-state index is 12.5. The van der Waals surface area contributed by atoms with E-state index in [0.29, 0.717) is 5.69 Å². The predicted octanol–water partition coefficient (Wildman–Crippen LogP) is 3.49. The minimum absolute atomic E-state index is 0.0229. The predicted molar refractivity (Wildman–Crippen MR) is 115 cm³/mol. The Hall–Kier alpha value is -3.34. The van der Waals surface area contributed by atoms with Crippen molar-refractivity contribution >= 4 is 17.7 Å². The zero-order valence-electron chi connectivity index (χ0n) is 16.7. The van der Waals surface area contributed by atoms with Crippen molar-refractivity contribution in [1.82, 2.24) is 15.1 Å². The lowest BCUT2D eigenvalue weighted by atomic mass is 9.68. The molecular weight excluding hydrogens is 360 g/mol. The Morgan fingerprint density at radius 1 is 1.03 bits per heavy atom. The number of nitrogens with one attached hydrogen (secondary N) is 1. The van der Waals surface area contributed by atoms with Gasteiger partial charge in [0.05, 0.1) is 0 Å². The highest BCUT2D eigenvalue weighted by Crippen LogP contribution is 2.42. The fourth-order valence-corrected chi connectivity index (χ4v) is 4.19. The summed E-state index contributed by atoms with van der Waals surface area (Å²) >= 11 is 0. The molecule has 0 radical (unpaired) electrons. The van der Waals surface area contributed by atoms with E-state index < -0.39 is 0 Å². The van der Waals surface area contributed by atoms with Crippen LogP contribution in [0.2, 0.25) is 0 Å². The van der Waals surface area contributed by atoms with Crippen molar-refractivity contribution in [1.29, 1.82) is 0 Å². The van der Waals surface area contributed by atoms with Gasteiger partial charge in [-0.1, -0.05) is 54.6 Å². The van der Waals surface area contributed by atoms with Gasteiger partial charge in [-0.25, -0.2) is 0 Å². The van der Waals surface area contributed by atoms with E-state index in [2.05, 4.69) is 75.8 Å². The minimum Gasteiger partial charge on any atom is -0.378 e. The molecule has 5 rings (SSSR count). The van der Waals surface area contributed by atoms with E-state index in [4.69, 9.17) is 0 Å². The summed E-state index contributed by atoms with van der Waals surface area (Å²) in [7, 11) is 4.10. The van der Waals surface area contributed by atoms with E-state index in [0.717, 1.165) is 30.8 Å². The van der Waals surface area contributed by atoms with Gasteiger partial charge < -0.3 is 9.80 Å². The molecule has 2 aliphatic rings. The van der Waals surface area contributed by atoms with Gasteiger partial charge in [0.15, 0.2) is 5.69 Å². The molecule has 1 unspecified atom stereocenters. The summed E-state index contributed by atoms with van der Waals surface area (Å²) in [5, 5.41) is 7.53. The Morgan fingerprint density at radius 3 is 2.38 bits per heavy atom. The first-order chi connectivity index (χ1) is 14.1. The molecule has 146 valence electrons. The van der Waals surface area contributed by atoms with Crippen molar-refractivity contribution in [2.45, 2.75) is 11.8 Å². The summed E-state index contributed by atoms with van der Waals surface area (Å²) in [6.45, 7) is 1.66. The van der Waals surface area contributed by atoms with Crippen LogP contribution in [0.3, 0.4) is 0 Å². The summed E-state index contributed by atoms with van der Waals surface area (Å²) in [4.78, 5) is 16.5. The van der Waals surface area contributed by atoms with E-state index in [1.807, 2.05) is 25.1 Å². The summed E-state index contributed by atoms with van der Waals surface area (Å²) in [6.07, 6.45) is 5.06. The molecule has 2 aromatic carbocycles. The number of allylic oxidation sites excluding steroid dienone is 1. The molecule has 1 aliphatic heterocycles. The average Bonchev–Trinajstić information content (AvgIpc) is 3.53. The number of carbonyl (C=O) groups excluding carboxylic acids is 1. The molecular formula is C24H24N4O. The largest absolute Gasteiger partial charge is 0.378 e. The molecule has 5 heteroatoms. The van der Waals surface area contributed by atoms with Crippen molar-refractivity contribution in [2.24, 2.45) is 0 Å². The highest BCUT2D eigenvalue weighted by Gasteiger charge is 2.38. The average molecular weight is 384 g/mol. The van der Waals surface area contributed by atoms with Crippen LogP contribution >= 0.6 is 0 Å². The fourth-order valence-electron chi connectivity index (χ4n) is 4.19. The number of rotatable bonds is 4. The smallest absolute Gasteiger partial charge is 0.275 e. The van der Waals surface area contributed by atoms with Gasteiger partial charge in [0, 0.05) is 56.0 Å². The number of aromatic amines is 1. The van der Waals surface area contributed by atoms with Gasteiger partial charge in [0.25, 0.3) is 5.91 Å². The molecule has 2 heterocycles. The zero-order chi connectivity index (χ0) is 20.0. The van der Waals surface area contributed by atoms with E-state index in [1.165, 1.54) is 16.8 Å². The topological polar surface area (TPSA) is 52.0 Å². The number of fused-ring (bicyclic) bond motifs is 1. The molecule has 1 aromatic heterocycles. The highest BCUT2D eigenvalue weighted by molar-refractivity contribution is 5.97. The van der Waals surface area contributed by atoms with Crippen LogP contribution in [0.25, 0.3) is 6.08 Å². The molecule has 1 saturated heterocycles. The second-order valence-corrected chi connectivity index (χ2v) is 8.05. The van der Waals surface area contributed by atoms with Gasteiger partial charge in [-0.15, -0.1) is 0 Å². The molecule has 1 aliphatic carbocycles.